The minimum atomic E-state index is -3.36. The van der Waals surface area contributed by atoms with Crippen molar-refractivity contribution in [3.63, 3.8) is 0 Å². The highest BCUT2D eigenvalue weighted by molar-refractivity contribution is 7.92. The van der Waals surface area contributed by atoms with Crippen LogP contribution in [0.15, 0.2) is 47.0 Å². The first-order valence-electron chi connectivity index (χ1n) is 7.60. The Morgan fingerprint density at radius 2 is 1.77 bits per heavy atom. The highest BCUT2D eigenvalue weighted by Gasteiger charge is 2.18. The zero-order valence-electron chi connectivity index (χ0n) is 13.9. The summed E-state index contributed by atoms with van der Waals surface area (Å²) in [4.78, 5) is 4.28. The van der Waals surface area contributed by atoms with Crippen LogP contribution in [0.3, 0.4) is 0 Å². The molecule has 0 bridgehead atoms. The zero-order chi connectivity index (χ0) is 18.9. The Labute approximate surface area is 148 Å². The minimum Gasteiger partial charge on any atom is -0.338 e. The minimum absolute atomic E-state index is 0.254. The van der Waals surface area contributed by atoms with Crippen LogP contribution in [0.5, 0.6) is 0 Å². The predicted molar refractivity (Wildman–Crippen MR) is 92.1 cm³/mol. The Kier molecular flexibility index (Phi) is 4.73. The molecule has 0 fully saturated rings. The second-order valence-electron chi connectivity index (χ2n) is 5.80. The van der Waals surface area contributed by atoms with Crippen LogP contribution < -0.4 is 4.72 Å². The fourth-order valence-corrected chi connectivity index (χ4v) is 2.92. The molecule has 3 aromatic rings. The standard InChI is InChI=1S/C17H15F2N3O3S/c1-10(12-5-8-14(18)15(19)9-12)17-20-16(21-25-17)11-3-6-13(7-4-11)22-26(2,23)24/h3-10,22H,1-2H3. The molecule has 0 spiro atoms. The van der Waals surface area contributed by atoms with E-state index >= 15 is 0 Å². The fraction of sp³-hybridized carbons (Fsp3) is 0.176. The number of halogens is 2. The number of hydrogen-bond acceptors (Lipinski definition) is 5. The summed E-state index contributed by atoms with van der Waals surface area (Å²) in [6.07, 6.45) is 1.06. The van der Waals surface area contributed by atoms with E-state index in [9.17, 15) is 17.2 Å². The van der Waals surface area contributed by atoms with Gasteiger partial charge in [-0.2, -0.15) is 4.98 Å². The van der Waals surface area contributed by atoms with Gasteiger partial charge in [0.25, 0.3) is 0 Å². The van der Waals surface area contributed by atoms with Gasteiger partial charge >= 0.3 is 0 Å². The normalized spacial score (nSPS) is 12.8. The summed E-state index contributed by atoms with van der Waals surface area (Å²) in [6, 6.07) is 10.0. The Balaban J connectivity index is 1.82. The lowest BCUT2D eigenvalue weighted by atomic mass is 10.0. The Morgan fingerprint density at radius 3 is 2.38 bits per heavy atom. The lowest BCUT2D eigenvalue weighted by Crippen LogP contribution is -2.09. The molecule has 1 N–H and O–H groups in total. The molecule has 1 unspecified atom stereocenters. The molecule has 1 aromatic heterocycles. The van der Waals surface area contributed by atoms with E-state index in [1.54, 1.807) is 31.2 Å². The van der Waals surface area contributed by atoms with Crippen LogP contribution in [0.25, 0.3) is 11.4 Å². The van der Waals surface area contributed by atoms with Crippen molar-refractivity contribution < 1.29 is 21.7 Å². The van der Waals surface area contributed by atoms with Gasteiger partial charge < -0.3 is 4.52 Å². The third-order valence-electron chi connectivity index (χ3n) is 3.70. The Hall–Kier alpha value is -2.81. The smallest absolute Gasteiger partial charge is 0.234 e. The average molecular weight is 379 g/mol. The first-order valence-corrected chi connectivity index (χ1v) is 9.49. The highest BCUT2D eigenvalue weighted by atomic mass is 32.2. The number of hydrogen-bond donors (Lipinski definition) is 1. The van der Waals surface area contributed by atoms with E-state index in [0.717, 1.165) is 18.4 Å². The van der Waals surface area contributed by atoms with Gasteiger partial charge in [0, 0.05) is 11.3 Å². The van der Waals surface area contributed by atoms with Gasteiger partial charge in [-0.25, -0.2) is 17.2 Å². The molecular weight excluding hydrogens is 364 g/mol. The molecule has 2 aromatic carbocycles. The van der Waals surface area contributed by atoms with Gasteiger partial charge in [0.2, 0.25) is 21.7 Å². The summed E-state index contributed by atoms with van der Waals surface area (Å²) >= 11 is 0. The number of nitrogens with zero attached hydrogens (tertiary/aromatic N) is 2. The van der Waals surface area contributed by atoms with Crippen LogP contribution in [0.1, 0.15) is 24.3 Å². The first-order chi connectivity index (χ1) is 12.2. The molecule has 26 heavy (non-hydrogen) atoms. The van der Waals surface area contributed by atoms with Crippen LogP contribution >= 0.6 is 0 Å². The SMILES string of the molecule is CC(c1ccc(F)c(F)c1)c1nc(-c2ccc(NS(C)(=O)=O)cc2)no1. The summed E-state index contributed by atoms with van der Waals surface area (Å²) in [5.74, 6) is -1.72. The highest BCUT2D eigenvalue weighted by Crippen LogP contribution is 2.26. The maximum Gasteiger partial charge on any atom is 0.234 e. The molecule has 0 aliphatic carbocycles. The second-order valence-corrected chi connectivity index (χ2v) is 7.55. The van der Waals surface area contributed by atoms with Gasteiger partial charge in [0.1, 0.15) is 0 Å². The molecule has 0 radical (unpaired) electrons. The monoisotopic (exact) mass is 379 g/mol. The number of anilines is 1. The van der Waals surface area contributed by atoms with Gasteiger partial charge in [0.05, 0.1) is 12.2 Å². The summed E-state index contributed by atoms with van der Waals surface area (Å²) in [5, 5.41) is 3.88. The lowest BCUT2D eigenvalue weighted by molar-refractivity contribution is 0.370. The Morgan fingerprint density at radius 1 is 1.08 bits per heavy atom. The molecule has 0 amide bonds. The molecule has 6 nitrogen and oxygen atoms in total. The molecule has 1 heterocycles. The second kappa shape index (κ2) is 6.83. The van der Waals surface area contributed by atoms with Gasteiger partial charge in [-0.05, 0) is 48.9 Å². The predicted octanol–water partition coefficient (Wildman–Crippen LogP) is 3.54. The van der Waals surface area contributed by atoms with Crippen LogP contribution in [0.4, 0.5) is 14.5 Å². The average Bonchev–Trinajstić information content (AvgIpc) is 3.06. The van der Waals surface area contributed by atoms with Gasteiger partial charge in [-0.15, -0.1) is 0 Å². The molecular formula is C17H15F2N3O3S. The molecule has 3 rings (SSSR count). The lowest BCUT2D eigenvalue weighted by Gasteiger charge is -2.07. The van der Waals surface area contributed by atoms with E-state index in [2.05, 4.69) is 14.9 Å². The topological polar surface area (TPSA) is 85.1 Å². The van der Waals surface area contributed by atoms with Crippen molar-refractivity contribution in [2.45, 2.75) is 12.8 Å². The van der Waals surface area contributed by atoms with Crippen molar-refractivity contribution in [2.75, 3.05) is 11.0 Å². The van der Waals surface area contributed by atoms with Gasteiger partial charge in [-0.3, -0.25) is 4.72 Å². The summed E-state index contributed by atoms with van der Waals surface area (Å²) < 4.78 is 56.5. The van der Waals surface area contributed by atoms with Crippen molar-refractivity contribution in [1.29, 1.82) is 0 Å². The van der Waals surface area contributed by atoms with Crippen molar-refractivity contribution in [3.05, 3.63) is 65.6 Å². The van der Waals surface area contributed by atoms with Crippen LogP contribution in [0.2, 0.25) is 0 Å². The third-order valence-corrected chi connectivity index (χ3v) is 4.31. The number of nitrogens with one attached hydrogen (secondary N) is 1. The first kappa shape index (κ1) is 18.0. The maximum atomic E-state index is 13.4. The zero-order valence-corrected chi connectivity index (χ0v) is 14.7. The van der Waals surface area contributed by atoms with Crippen LogP contribution in [-0.2, 0) is 10.0 Å². The van der Waals surface area contributed by atoms with Crippen molar-refractivity contribution in [2.24, 2.45) is 0 Å². The van der Waals surface area contributed by atoms with E-state index in [-0.39, 0.29) is 5.89 Å². The van der Waals surface area contributed by atoms with Crippen molar-refractivity contribution in [3.8, 4) is 11.4 Å². The number of benzene rings is 2. The largest absolute Gasteiger partial charge is 0.338 e. The molecule has 0 saturated heterocycles. The number of sulfonamides is 1. The summed E-state index contributed by atoms with van der Waals surface area (Å²) in [5.41, 5.74) is 1.54. The fourth-order valence-electron chi connectivity index (χ4n) is 2.35. The molecule has 0 aliphatic rings. The number of aromatic nitrogens is 2. The van der Waals surface area contributed by atoms with E-state index < -0.39 is 27.6 Å². The molecule has 0 aliphatic heterocycles. The van der Waals surface area contributed by atoms with Crippen LogP contribution in [0, 0.1) is 11.6 Å². The summed E-state index contributed by atoms with van der Waals surface area (Å²) in [7, 11) is -3.36. The molecule has 9 heteroatoms. The van der Waals surface area contributed by atoms with E-state index in [1.807, 2.05) is 0 Å². The van der Waals surface area contributed by atoms with Crippen molar-refractivity contribution >= 4 is 15.7 Å². The van der Waals surface area contributed by atoms with Crippen LogP contribution in [-0.4, -0.2) is 24.8 Å². The number of rotatable bonds is 5. The molecule has 136 valence electrons. The quantitative estimate of drug-likeness (QED) is 0.733. The summed E-state index contributed by atoms with van der Waals surface area (Å²) in [6.45, 7) is 1.74. The van der Waals surface area contributed by atoms with E-state index in [1.165, 1.54) is 6.07 Å². The molecule has 1 atom stereocenters. The van der Waals surface area contributed by atoms with Gasteiger partial charge in [0.15, 0.2) is 11.6 Å². The third kappa shape index (κ3) is 4.05. The van der Waals surface area contributed by atoms with E-state index in [4.69, 9.17) is 4.52 Å². The Bertz CT molecular complexity index is 1030. The van der Waals surface area contributed by atoms with Crippen molar-refractivity contribution in [1.82, 2.24) is 10.1 Å². The van der Waals surface area contributed by atoms with Gasteiger partial charge in [-0.1, -0.05) is 11.2 Å². The van der Waals surface area contributed by atoms with E-state index in [0.29, 0.717) is 22.6 Å². The molecule has 0 saturated carbocycles. The maximum absolute atomic E-state index is 13.4.